The van der Waals surface area contributed by atoms with E-state index in [9.17, 15) is 14.4 Å². The molecule has 6 nitrogen and oxygen atoms in total. The lowest BCUT2D eigenvalue weighted by molar-refractivity contribution is -0.167. The molecule has 0 saturated carbocycles. The van der Waals surface area contributed by atoms with E-state index in [0.717, 1.165) is 109 Å². The topological polar surface area (TPSA) is 78.9 Å². The summed E-state index contributed by atoms with van der Waals surface area (Å²) in [6.07, 6.45) is 90.3. The molecular weight excluding hydrogens is 985 g/mol. The maximum atomic E-state index is 12.9. The fraction of sp³-hybridized carbons (Fsp3) is 0.770. The van der Waals surface area contributed by atoms with Crippen molar-refractivity contribution in [2.45, 2.75) is 354 Å². The first kappa shape index (κ1) is 76.6. The van der Waals surface area contributed by atoms with Crippen molar-refractivity contribution in [3.8, 4) is 0 Å². The Morgan fingerprint density at radius 1 is 0.263 bits per heavy atom. The van der Waals surface area contributed by atoms with Crippen molar-refractivity contribution in [2.75, 3.05) is 13.2 Å². The summed E-state index contributed by atoms with van der Waals surface area (Å²) >= 11 is 0. The van der Waals surface area contributed by atoms with Gasteiger partial charge >= 0.3 is 17.9 Å². The van der Waals surface area contributed by atoms with Gasteiger partial charge in [0.15, 0.2) is 6.10 Å². The van der Waals surface area contributed by atoms with Gasteiger partial charge in [0.05, 0.1) is 0 Å². The number of carbonyl (C=O) groups is 3. The highest BCUT2D eigenvalue weighted by molar-refractivity contribution is 5.71. The molecule has 1 unspecified atom stereocenters. The molecule has 0 aliphatic heterocycles. The number of carbonyl (C=O) groups excluding carboxylic acids is 3. The summed E-state index contributed by atoms with van der Waals surface area (Å²) in [5.41, 5.74) is 0. The molecule has 0 aromatic carbocycles. The minimum absolute atomic E-state index is 0.0836. The number of hydrogen-bond acceptors (Lipinski definition) is 6. The maximum absolute atomic E-state index is 12.9. The highest BCUT2D eigenvalue weighted by atomic mass is 16.6. The lowest BCUT2D eigenvalue weighted by Gasteiger charge is -2.18. The van der Waals surface area contributed by atoms with Gasteiger partial charge in [0.1, 0.15) is 13.2 Å². The molecule has 0 saturated heterocycles. The second-order valence-electron chi connectivity index (χ2n) is 23.1. The number of allylic oxidation sites excluding steroid dienone is 14. The summed E-state index contributed by atoms with van der Waals surface area (Å²) in [5.74, 6) is -0.891. The van der Waals surface area contributed by atoms with Crippen LogP contribution in [0.4, 0.5) is 0 Å². The Bertz CT molecular complexity index is 1520. The van der Waals surface area contributed by atoms with Crippen molar-refractivity contribution in [1.82, 2.24) is 0 Å². The summed E-state index contributed by atoms with van der Waals surface area (Å²) in [6, 6.07) is 0. The van der Waals surface area contributed by atoms with E-state index in [1.807, 2.05) is 0 Å². The highest BCUT2D eigenvalue weighted by Crippen LogP contribution is 2.17. The van der Waals surface area contributed by atoms with Gasteiger partial charge in [0, 0.05) is 19.3 Å². The quantitative estimate of drug-likeness (QED) is 0.0261. The molecule has 0 amide bonds. The van der Waals surface area contributed by atoms with Gasteiger partial charge in [0.25, 0.3) is 0 Å². The number of unbranched alkanes of at least 4 members (excludes halogenated alkanes) is 38. The van der Waals surface area contributed by atoms with Gasteiger partial charge in [-0.3, -0.25) is 14.4 Å². The van der Waals surface area contributed by atoms with E-state index in [4.69, 9.17) is 14.2 Å². The predicted molar refractivity (Wildman–Crippen MR) is 348 cm³/mol. The second-order valence-corrected chi connectivity index (χ2v) is 23.1. The Morgan fingerprint density at radius 2 is 0.487 bits per heavy atom. The number of hydrogen-bond donors (Lipinski definition) is 0. The Balaban J connectivity index is 4.35. The Morgan fingerprint density at radius 3 is 0.775 bits per heavy atom. The van der Waals surface area contributed by atoms with Crippen LogP contribution in [0.2, 0.25) is 0 Å². The van der Waals surface area contributed by atoms with E-state index < -0.39 is 6.10 Å². The van der Waals surface area contributed by atoms with E-state index >= 15 is 0 Å². The molecule has 0 aliphatic rings. The van der Waals surface area contributed by atoms with Gasteiger partial charge in [-0.15, -0.1) is 0 Å². The first-order chi connectivity index (χ1) is 39.5. The number of esters is 3. The van der Waals surface area contributed by atoms with Crippen molar-refractivity contribution in [3.05, 3.63) is 85.1 Å². The van der Waals surface area contributed by atoms with Crippen LogP contribution >= 0.6 is 0 Å². The molecule has 0 aromatic heterocycles. The lowest BCUT2D eigenvalue weighted by atomic mass is 10.0. The van der Waals surface area contributed by atoms with Crippen LogP contribution in [-0.4, -0.2) is 37.2 Å². The molecule has 0 aromatic rings. The third-order valence-electron chi connectivity index (χ3n) is 15.1. The van der Waals surface area contributed by atoms with Gasteiger partial charge < -0.3 is 14.2 Å². The molecule has 80 heavy (non-hydrogen) atoms. The molecule has 462 valence electrons. The summed E-state index contributed by atoms with van der Waals surface area (Å²) < 4.78 is 17.0. The zero-order valence-corrected chi connectivity index (χ0v) is 53.1. The zero-order valence-electron chi connectivity index (χ0n) is 53.1. The molecule has 1 atom stereocenters. The first-order valence-electron chi connectivity index (χ1n) is 34.6. The van der Waals surface area contributed by atoms with Crippen LogP contribution in [0.25, 0.3) is 0 Å². The molecule has 0 heterocycles. The summed E-state index contributed by atoms with van der Waals surface area (Å²) in [7, 11) is 0. The summed E-state index contributed by atoms with van der Waals surface area (Å²) in [5, 5.41) is 0. The van der Waals surface area contributed by atoms with E-state index in [1.54, 1.807) is 0 Å². The molecule has 0 radical (unpaired) electrons. The Hall–Kier alpha value is -3.41. The fourth-order valence-electron chi connectivity index (χ4n) is 9.97. The number of rotatable bonds is 63. The van der Waals surface area contributed by atoms with Crippen LogP contribution in [0.5, 0.6) is 0 Å². The first-order valence-corrected chi connectivity index (χ1v) is 34.6. The van der Waals surface area contributed by atoms with E-state index in [2.05, 4.69) is 106 Å². The normalized spacial score (nSPS) is 12.6. The third-order valence-corrected chi connectivity index (χ3v) is 15.1. The molecule has 0 aliphatic carbocycles. The molecular formula is C74H130O6. The van der Waals surface area contributed by atoms with Gasteiger partial charge in [-0.25, -0.2) is 0 Å². The molecule has 0 spiro atoms. The van der Waals surface area contributed by atoms with Gasteiger partial charge in [-0.1, -0.05) is 318 Å². The van der Waals surface area contributed by atoms with Crippen molar-refractivity contribution in [1.29, 1.82) is 0 Å². The molecule has 0 bridgehead atoms. The van der Waals surface area contributed by atoms with Gasteiger partial charge in [-0.2, -0.15) is 0 Å². The minimum Gasteiger partial charge on any atom is -0.462 e. The van der Waals surface area contributed by atoms with Crippen LogP contribution in [0.1, 0.15) is 348 Å². The van der Waals surface area contributed by atoms with Crippen LogP contribution in [0.3, 0.4) is 0 Å². The minimum atomic E-state index is -0.790. The van der Waals surface area contributed by atoms with Gasteiger partial charge in [-0.05, 0) is 96.3 Å². The standard InChI is InChI=1S/C74H130O6/c1-4-7-10-13-16-19-22-25-28-30-32-34-36-37-39-40-42-44-46-49-52-55-58-61-64-67-73(76)79-70-71(69-78-72(75)66-63-60-57-54-51-48-27-24-21-18-15-12-9-6-3)80-74(77)68-65-62-59-56-53-50-47-45-43-41-38-35-33-31-29-26-23-20-17-14-11-8-5-2/h8,11,17,20,26,29-30,32-33,35,41,43,47,50,71H,4-7,9-10,12-16,18-19,21-25,27-28,31,34,36-40,42,44-46,48-49,51-70H2,1-3H3/b11-8-,20-17-,29-26-,32-30-,35-33-,43-41-,50-47-. The van der Waals surface area contributed by atoms with Crippen LogP contribution < -0.4 is 0 Å². The van der Waals surface area contributed by atoms with E-state index in [1.165, 1.54) is 199 Å². The SMILES string of the molecule is CC/C=C\C/C=C\C/C=C\C/C=C\C/C=C\C/C=C\CCCCCCC(=O)OC(COC(=O)CCCCCCCCCCCCCCCC)COC(=O)CCCCCCCCCCCCCCC/C=C\CCCCCCCCCC. The monoisotopic (exact) mass is 1110 g/mol. The molecule has 0 fully saturated rings. The van der Waals surface area contributed by atoms with Crippen molar-refractivity contribution >= 4 is 17.9 Å². The average molecular weight is 1120 g/mol. The zero-order chi connectivity index (χ0) is 57.8. The van der Waals surface area contributed by atoms with Crippen LogP contribution in [0.15, 0.2) is 85.1 Å². The average Bonchev–Trinajstić information content (AvgIpc) is 3.46. The predicted octanol–water partition coefficient (Wildman–Crippen LogP) is 23.8. The van der Waals surface area contributed by atoms with Crippen molar-refractivity contribution in [3.63, 3.8) is 0 Å². The van der Waals surface area contributed by atoms with E-state index in [0.29, 0.717) is 19.3 Å². The largest absolute Gasteiger partial charge is 0.462 e. The van der Waals surface area contributed by atoms with Crippen LogP contribution in [0, 0.1) is 0 Å². The maximum Gasteiger partial charge on any atom is 0.306 e. The second kappa shape index (κ2) is 68.1. The van der Waals surface area contributed by atoms with E-state index in [-0.39, 0.29) is 31.1 Å². The van der Waals surface area contributed by atoms with Crippen molar-refractivity contribution < 1.29 is 28.6 Å². The lowest BCUT2D eigenvalue weighted by Crippen LogP contribution is -2.30. The Kier molecular flexibility index (Phi) is 65.2. The highest BCUT2D eigenvalue weighted by Gasteiger charge is 2.19. The van der Waals surface area contributed by atoms with Crippen LogP contribution in [-0.2, 0) is 28.6 Å². The molecule has 6 heteroatoms. The third kappa shape index (κ3) is 65.4. The molecule has 0 N–H and O–H groups in total. The molecule has 0 rings (SSSR count). The fourth-order valence-corrected chi connectivity index (χ4v) is 9.97. The van der Waals surface area contributed by atoms with Crippen molar-refractivity contribution in [2.24, 2.45) is 0 Å². The smallest absolute Gasteiger partial charge is 0.306 e. The number of ether oxygens (including phenoxy) is 3. The summed E-state index contributed by atoms with van der Waals surface area (Å²) in [6.45, 7) is 6.55. The summed E-state index contributed by atoms with van der Waals surface area (Å²) in [4.78, 5) is 38.4. The Labute approximate surface area is 496 Å². The van der Waals surface area contributed by atoms with Gasteiger partial charge in [0.2, 0.25) is 0 Å².